The molecule has 0 spiro atoms. The summed E-state index contributed by atoms with van der Waals surface area (Å²) < 4.78 is 5.40. The van der Waals surface area contributed by atoms with Crippen molar-refractivity contribution < 1.29 is 4.74 Å². The number of ether oxygens (including phenoxy) is 1. The van der Waals surface area contributed by atoms with Gasteiger partial charge in [-0.15, -0.1) is 0 Å². The van der Waals surface area contributed by atoms with E-state index in [4.69, 9.17) is 10.5 Å². The second-order valence-corrected chi connectivity index (χ2v) is 3.44. The molecular formula is C8H18N2O. The number of likely N-dealkylation sites (tertiary alicyclic amines) is 1. The van der Waals surface area contributed by atoms with Crippen LogP contribution in [0.5, 0.6) is 0 Å². The Hall–Kier alpha value is -0.120. The highest BCUT2D eigenvalue weighted by molar-refractivity contribution is 4.81. The van der Waals surface area contributed by atoms with Gasteiger partial charge in [0.25, 0.3) is 0 Å². The van der Waals surface area contributed by atoms with Gasteiger partial charge in [0, 0.05) is 25.7 Å². The van der Waals surface area contributed by atoms with Gasteiger partial charge in [-0.25, -0.2) is 0 Å². The minimum Gasteiger partial charge on any atom is -0.377 e. The second kappa shape index (κ2) is 4.04. The van der Waals surface area contributed by atoms with Gasteiger partial charge in [-0.05, 0) is 13.8 Å². The van der Waals surface area contributed by atoms with Crippen molar-refractivity contribution >= 4 is 0 Å². The van der Waals surface area contributed by atoms with E-state index in [1.54, 1.807) is 0 Å². The highest BCUT2D eigenvalue weighted by atomic mass is 16.5. The Labute approximate surface area is 68.5 Å². The van der Waals surface area contributed by atoms with Gasteiger partial charge in [-0.2, -0.15) is 0 Å². The Bertz CT molecular complexity index is 111. The zero-order chi connectivity index (χ0) is 8.27. The molecule has 0 atom stereocenters. The highest BCUT2D eigenvalue weighted by Crippen LogP contribution is 2.03. The van der Waals surface area contributed by atoms with Crippen LogP contribution in [0.3, 0.4) is 0 Å². The van der Waals surface area contributed by atoms with E-state index >= 15 is 0 Å². The lowest BCUT2D eigenvalue weighted by atomic mass is 10.1. The molecule has 0 aliphatic carbocycles. The van der Waals surface area contributed by atoms with Gasteiger partial charge < -0.3 is 10.5 Å². The number of nitrogens with zero attached hydrogens (tertiary/aromatic N) is 1. The lowest BCUT2D eigenvalue weighted by molar-refractivity contribution is 0.0394. The van der Waals surface area contributed by atoms with Crippen molar-refractivity contribution in [1.29, 1.82) is 0 Å². The Kier molecular flexibility index (Phi) is 3.30. The molecule has 11 heavy (non-hydrogen) atoms. The molecule has 66 valence electrons. The molecular weight excluding hydrogens is 140 g/mol. The molecule has 0 saturated carbocycles. The smallest absolute Gasteiger partial charge is 0.0596 e. The summed E-state index contributed by atoms with van der Waals surface area (Å²) in [6, 6.07) is 0.411. The van der Waals surface area contributed by atoms with Crippen molar-refractivity contribution in [2.45, 2.75) is 26.0 Å². The molecule has 0 aromatic heterocycles. The summed E-state index contributed by atoms with van der Waals surface area (Å²) in [5, 5.41) is 0. The van der Waals surface area contributed by atoms with Gasteiger partial charge in [0.05, 0.1) is 12.7 Å². The molecule has 2 N–H and O–H groups in total. The van der Waals surface area contributed by atoms with E-state index in [9.17, 15) is 0 Å². The molecule has 0 unspecified atom stereocenters. The molecule has 1 rings (SSSR count). The maximum absolute atomic E-state index is 5.62. The van der Waals surface area contributed by atoms with Crippen LogP contribution in [0.25, 0.3) is 0 Å². The van der Waals surface area contributed by atoms with Crippen LogP contribution in [0.15, 0.2) is 0 Å². The van der Waals surface area contributed by atoms with Gasteiger partial charge in [0.2, 0.25) is 0 Å². The SMILES string of the molecule is CC(C)OCCN1CC(N)C1. The largest absolute Gasteiger partial charge is 0.377 e. The van der Waals surface area contributed by atoms with Crippen LogP contribution in [0.1, 0.15) is 13.8 Å². The predicted molar refractivity (Wildman–Crippen MR) is 45.5 cm³/mol. The Morgan fingerprint density at radius 1 is 1.55 bits per heavy atom. The van der Waals surface area contributed by atoms with Crippen LogP contribution in [0.4, 0.5) is 0 Å². The molecule has 1 aliphatic rings. The fraction of sp³-hybridized carbons (Fsp3) is 1.00. The van der Waals surface area contributed by atoms with Gasteiger partial charge in [0.15, 0.2) is 0 Å². The molecule has 3 nitrogen and oxygen atoms in total. The molecule has 0 radical (unpaired) electrons. The summed E-state index contributed by atoms with van der Waals surface area (Å²) in [6.45, 7) is 8.07. The van der Waals surface area contributed by atoms with Crippen molar-refractivity contribution in [1.82, 2.24) is 4.90 Å². The van der Waals surface area contributed by atoms with Gasteiger partial charge in [0.1, 0.15) is 0 Å². The third-order valence-electron chi connectivity index (χ3n) is 1.84. The second-order valence-electron chi connectivity index (χ2n) is 3.44. The zero-order valence-electron chi connectivity index (χ0n) is 7.42. The van der Waals surface area contributed by atoms with E-state index in [2.05, 4.69) is 18.7 Å². The predicted octanol–water partition coefficient (Wildman–Crippen LogP) is 0.0543. The van der Waals surface area contributed by atoms with Crippen LogP contribution < -0.4 is 5.73 Å². The summed E-state index contributed by atoms with van der Waals surface area (Å²) in [7, 11) is 0. The number of nitrogens with two attached hydrogens (primary N) is 1. The normalized spacial score (nSPS) is 20.7. The summed E-state index contributed by atoms with van der Waals surface area (Å²) >= 11 is 0. The Morgan fingerprint density at radius 3 is 2.64 bits per heavy atom. The maximum Gasteiger partial charge on any atom is 0.0596 e. The first kappa shape index (κ1) is 8.97. The van der Waals surface area contributed by atoms with Crippen molar-refractivity contribution in [2.24, 2.45) is 5.73 Å². The van der Waals surface area contributed by atoms with E-state index in [0.29, 0.717) is 12.1 Å². The van der Waals surface area contributed by atoms with E-state index in [0.717, 1.165) is 26.2 Å². The molecule has 1 heterocycles. The van der Waals surface area contributed by atoms with Gasteiger partial charge >= 0.3 is 0 Å². The molecule has 1 fully saturated rings. The fourth-order valence-corrected chi connectivity index (χ4v) is 1.21. The van der Waals surface area contributed by atoms with Crippen molar-refractivity contribution in [3.8, 4) is 0 Å². The average Bonchev–Trinajstić information content (AvgIpc) is 1.83. The molecule has 0 aromatic carbocycles. The minimum atomic E-state index is 0.352. The number of hydrogen-bond acceptors (Lipinski definition) is 3. The van der Waals surface area contributed by atoms with Crippen molar-refractivity contribution in [3.05, 3.63) is 0 Å². The molecule has 0 amide bonds. The van der Waals surface area contributed by atoms with Crippen LogP contribution in [-0.2, 0) is 4.74 Å². The quantitative estimate of drug-likeness (QED) is 0.628. The summed E-state index contributed by atoms with van der Waals surface area (Å²) in [4.78, 5) is 2.31. The summed E-state index contributed by atoms with van der Waals surface area (Å²) in [5.41, 5.74) is 5.62. The van der Waals surface area contributed by atoms with Crippen molar-refractivity contribution in [3.63, 3.8) is 0 Å². The molecule has 0 bridgehead atoms. The molecule has 3 heteroatoms. The fourth-order valence-electron chi connectivity index (χ4n) is 1.21. The Morgan fingerprint density at radius 2 is 2.18 bits per heavy atom. The molecule has 0 aromatic rings. The summed E-state index contributed by atoms with van der Waals surface area (Å²) in [6.07, 6.45) is 0.352. The molecule has 1 saturated heterocycles. The van der Waals surface area contributed by atoms with Crippen molar-refractivity contribution in [2.75, 3.05) is 26.2 Å². The standard InChI is InChI=1S/C8H18N2O/c1-7(2)11-4-3-10-5-8(9)6-10/h7-8H,3-6,9H2,1-2H3. The monoisotopic (exact) mass is 158 g/mol. The first-order valence-corrected chi connectivity index (χ1v) is 4.28. The maximum atomic E-state index is 5.62. The molecule has 1 aliphatic heterocycles. The summed E-state index contributed by atoms with van der Waals surface area (Å²) in [5.74, 6) is 0. The average molecular weight is 158 g/mol. The lowest BCUT2D eigenvalue weighted by Gasteiger charge is -2.36. The van der Waals surface area contributed by atoms with Crippen LogP contribution >= 0.6 is 0 Å². The van der Waals surface area contributed by atoms with Gasteiger partial charge in [-0.1, -0.05) is 0 Å². The lowest BCUT2D eigenvalue weighted by Crippen LogP contribution is -2.56. The highest BCUT2D eigenvalue weighted by Gasteiger charge is 2.21. The van der Waals surface area contributed by atoms with Crippen LogP contribution in [0, 0.1) is 0 Å². The Balaban J connectivity index is 1.89. The van der Waals surface area contributed by atoms with E-state index < -0.39 is 0 Å². The third kappa shape index (κ3) is 3.18. The zero-order valence-corrected chi connectivity index (χ0v) is 7.42. The number of rotatable bonds is 4. The first-order valence-electron chi connectivity index (χ1n) is 4.28. The van der Waals surface area contributed by atoms with Crippen LogP contribution in [0.2, 0.25) is 0 Å². The topological polar surface area (TPSA) is 38.5 Å². The van der Waals surface area contributed by atoms with E-state index in [-0.39, 0.29) is 0 Å². The first-order chi connectivity index (χ1) is 5.18. The van der Waals surface area contributed by atoms with Crippen LogP contribution in [-0.4, -0.2) is 43.3 Å². The van der Waals surface area contributed by atoms with E-state index in [1.165, 1.54) is 0 Å². The minimum absolute atomic E-state index is 0.352. The number of hydrogen-bond donors (Lipinski definition) is 1. The third-order valence-corrected chi connectivity index (χ3v) is 1.84. The van der Waals surface area contributed by atoms with E-state index in [1.807, 2.05) is 0 Å². The van der Waals surface area contributed by atoms with Gasteiger partial charge in [-0.3, -0.25) is 4.90 Å².